The number of halogens is 1. The lowest BCUT2D eigenvalue weighted by Gasteiger charge is -2.15. The summed E-state index contributed by atoms with van der Waals surface area (Å²) in [6, 6.07) is 7.97. The Morgan fingerprint density at radius 1 is 1.32 bits per heavy atom. The van der Waals surface area contributed by atoms with E-state index in [-0.39, 0.29) is 5.91 Å². The van der Waals surface area contributed by atoms with Crippen molar-refractivity contribution in [2.45, 2.75) is 10.6 Å². The molecule has 1 aromatic carbocycles. The minimum Gasteiger partial charge on any atom is -0.344 e. The molecule has 0 atom stereocenters. The van der Waals surface area contributed by atoms with Crippen LogP contribution in [0.5, 0.6) is 0 Å². The van der Waals surface area contributed by atoms with Gasteiger partial charge in [-0.15, -0.1) is 23.1 Å². The zero-order chi connectivity index (χ0) is 13.6. The number of nitrogens with zero attached hydrogens (tertiary/aromatic N) is 1. The van der Waals surface area contributed by atoms with Crippen LogP contribution in [0.4, 0.5) is 0 Å². The Labute approximate surface area is 125 Å². The van der Waals surface area contributed by atoms with Crippen LogP contribution < -0.4 is 0 Å². The van der Waals surface area contributed by atoms with Crippen molar-refractivity contribution >= 4 is 40.6 Å². The normalized spacial score (nSPS) is 12.8. The van der Waals surface area contributed by atoms with Gasteiger partial charge in [0.05, 0.1) is 4.88 Å². The number of carbonyl (C=O) groups is 1. The fourth-order valence-corrected chi connectivity index (χ4v) is 4.63. The van der Waals surface area contributed by atoms with E-state index in [0.29, 0.717) is 0 Å². The van der Waals surface area contributed by atoms with Crippen LogP contribution in [0.2, 0.25) is 5.02 Å². The van der Waals surface area contributed by atoms with E-state index < -0.39 is 0 Å². The maximum atomic E-state index is 12.0. The monoisotopic (exact) mass is 309 g/mol. The van der Waals surface area contributed by atoms with Crippen molar-refractivity contribution in [3.05, 3.63) is 39.7 Å². The van der Waals surface area contributed by atoms with Gasteiger partial charge in [0.25, 0.3) is 5.91 Å². The van der Waals surface area contributed by atoms with Crippen molar-refractivity contribution in [1.82, 2.24) is 4.90 Å². The standard InChI is InChI=1S/C14H12ClNOS2/c1-16(2)14(17)12-5-8-7-18-11-4-3-9(15)6-10(11)13(8)19-12/h3-6H,7H2,1-2H3. The maximum absolute atomic E-state index is 12.0. The van der Waals surface area contributed by atoms with Gasteiger partial charge in [-0.25, -0.2) is 0 Å². The molecular formula is C14H12ClNOS2. The molecule has 3 rings (SSSR count). The molecule has 1 aromatic heterocycles. The van der Waals surface area contributed by atoms with E-state index in [2.05, 4.69) is 6.07 Å². The first-order chi connectivity index (χ1) is 9.06. The van der Waals surface area contributed by atoms with Crippen LogP contribution in [0.25, 0.3) is 10.4 Å². The highest BCUT2D eigenvalue weighted by Crippen LogP contribution is 2.46. The Hall–Kier alpha value is -0.970. The van der Waals surface area contributed by atoms with E-state index in [1.165, 1.54) is 15.3 Å². The van der Waals surface area contributed by atoms with Crippen molar-refractivity contribution in [1.29, 1.82) is 0 Å². The Morgan fingerprint density at radius 2 is 2.11 bits per heavy atom. The van der Waals surface area contributed by atoms with E-state index >= 15 is 0 Å². The topological polar surface area (TPSA) is 20.3 Å². The fraction of sp³-hybridized carbons (Fsp3) is 0.214. The predicted octanol–water partition coefficient (Wildman–Crippen LogP) is 4.38. The van der Waals surface area contributed by atoms with Gasteiger partial charge in [-0.3, -0.25) is 4.79 Å². The molecule has 0 saturated carbocycles. The fourth-order valence-electron chi connectivity index (χ4n) is 2.05. The van der Waals surface area contributed by atoms with E-state index in [1.54, 1.807) is 42.1 Å². The first kappa shape index (κ1) is 13.0. The van der Waals surface area contributed by atoms with E-state index in [4.69, 9.17) is 11.6 Å². The first-order valence-corrected chi connectivity index (χ1v) is 8.01. The molecule has 1 aliphatic heterocycles. The van der Waals surface area contributed by atoms with Crippen molar-refractivity contribution in [2.75, 3.05) is 14.1 Å². The highest BCUT2D eigenvalue weighted by molar-refractivity contribution is 7.98. The molecule has 0 saturated heterocycles. The van der Waals surface area contributed by atoms with Crippen LogP contribution in [0, 0.1) is 0 Å². The van der Waals surface area contributed by atoms with Crippen LogP contribution in [0.15, 0.2) is 29.2 Å². The summed E-state index contributed by atoms with van der Waals surface area (Å²) >= 11 is 9.44. The molecule has 2 heterocycles. The molecule has 0 unspecified atom stereocenters. The number of carbonyl (C=O) groups excluding carboxylic acids is 1. The molecule has 1 aliphatic rings. The van der Waals surface area contributed by atoms with Gasteiger partial charge in [-0.2, -0.15) is 0 Å². The zero-order valence-electron chi connectivity index (χ0n) is 10.6. The highest BCUT2D eigenvalue weighted by atomic mass is 35.5. The third kappa shape index (κ3) is 2.29. The number of thioether (sulfide) groups is 1. The third-order valence-corrected chi connectivity index (χ3v) is 5.55. The molecule has 0 aliphatic carbocycles. The molecule has 98 valence electrons. The summed E-state index contributed by atoms with van der Waals surface area (Å²) < 4.78 is 0. The number of rotatable bonds is 1. The molecule has 0 radical (unpaired) electrons. The summed E-state index contributed by atoms with van der Waals surface area (Å²) in [5, 5.41) is 0.737. The van der Waals surface area contributed by atoms with Gasteiger partial charge >= 0.3 is 0 Å². The van der Waals surface area contributed by atoms with Gasteiger partial charge in [0, 0.05) is 40.2 Å². The van der Waals surface area contributed by atoms with Crippen LogP contribution in [0.3, 0.4) is 0 Å². The lowest BCUT2D eigenvalue weighted by atomic mass is 10.1. The van der Waals surface area contributed by atoms with Crippen molar-refractivity contribution in [3.63, 3.8) is 0 Å². The Kier molecular flexibility index (Phi) is 3.33. The highest BCUT2D eigenvalue weighted by Gasteiger charge is 2.22. The number of benzene rings is 1. The maximum Gasteiger partial charge on any atom is 0.263 e. The SMILES string of the molecule is CN(C)C(=O)c1cc2c(s1)-c1cc(Cl)ccc1SC2. The van der Waals surface area contributed by atoms with Crippen LogP contribution in [-0.4, -0.2) is 24.9 Å². The molecule has 2 aromatic rings. The first-order valence-electron chi connectivity index (χ1n) is 5.83. The van der Waals surface area contributed by atoms with E-state index in [1.807, 2.05) is 18.2 Å². The van der Waals surface area contributed by atoms with Gasteiger partial charge < -0.3 is 4.90 Å². The number of hydrogen-bond donors (Lipinski definition) is 0. The van der Waals surface area contributed by atoms with Crippen LogP contribution in [-0.2, 0) is 5.75 Å². The minimum atomic E-state index is 0.0629. The summed E-state index contributed by atoms with van der Waals surface area (Å²) in [7, 11) is 3.56. The quantitative estimate of drug-likeness (QED) is 0.779. The second-order valence-electron chi connectivity index (χ2n) is 4.59. The van der Waals surface area contributed by atoms with Gasteiger partial charge in [0.2, 0.25) is 0 Å². The van der Waals surface area contributed by atoms with Crippen molar-refractivity contribution < 1.29 is 4.79 Å². The van der Waals surface area contributed by atoms with E-state index in [9.17, 15) is 4.79 Å². The summed E-state index contributed by atoms with van der Waals surface area (Å²) in [5.74, 6) is 0.981. The number of hydrogen-bond acceptors (Lipinski definition) is 3. The zero-order valence-corrected chi connectivity index (χ0v) is 13.0. The molecule has 0 N–H and O–H groups in total. The second-order valence-corrected chi connectivity index (χ2v) is 7.10. The van der Waals surface area contributed by atoms with Gasteiger partial charge in [0.1, 0.15) is 0 Å². The van der Waals surface area contributed by atoms with Crippen molar-refractivity contribution in [2.24, 2.45) is 0 Å². The molecule has 0 spiro atoms. The lowest BCUT2D eigenvalue weighted by molar-refractivity contribution is 0.0832. The van der Waals surface area contributed by atoms with Gasteiger partial charge in [0.15, 0.2) is 0 Å². The van der Waals surface area contributed by atoms with Crippen LogP contribution in [0.1, 0.15) is 15.2 Å². The lowest BCUT2D eigenvalue weighted by Crippen LogP contribution is -2.20. The predicted molar refractivity (Wildman–Crippen MR) is 82.3 cm³/mol. The Balaban J connectivity index is 2.11. The number of thiophene rings is 1. The number of amides is 1. The molecule has 2 nitrogen and oxygen atoms in total. The summed E-state index contributed by atoms with van der Waals surface area (Å²) in [6.07, 6.45) is 0. The Bertz CT molecular complexity index is 663. The van der Waals surface area contributed by atoms with Gasteiger partial charge in [-0.1, -0.05) is 11.6 Å². The largest absolute Gasteiger partial charge is 0.344 e. The smallest absolute Gasteiger partial charge is 0.263 e. The molecular weight excluding hydrogens is 298 g/mol. The average Bonchev–Trinajstić information content (AvgIpc) is 2.81. The molecule has 1 amide bonds. The average molecular weight is 310 g/mol. The second kappa shape index (κ2) is 4.85. The summed E-state index contributed by atoms with van der Waals surface area (Å²) in [5.41, 5.74) is 2.39. The van der Waals surface area contributed by atoms with E-state index in [0.717, 1.165) is 21.2 Å². The summed E-state index contributed by atoms with van der Waals surface area (Å²) in [6.45, 7) is 0. The summed E-state index contributed by atoms with van der Waals surface area (Å²) in [4.78, 5) is 16.9. The molecule has 0 fully saturated rings. The minimum absolute atomic E-state index is 0.0629. The molecule has 5 heteroatoms. The Morgan fingerprint density at radius 3 is 2.84 bits per heavy atom. The molecule has 0 bridgehead atoms. The number of fused-ring (bicyclic) bond motifs is 3. The molecule has 19 heavy (non-hydrogen) atoms. The van der Waals surface area contributed by atoms with Crippen LogP contribution >= 0.6 is 34.7 Å². The third-order valence-electron chi connectivity index (χ3n) is 3.00. The van der Waals surface area contributed by atoms with Gasteiger partial charge in [-0.05, 0) is 29.8 Å². The van der Waals surface area contributed by atoms with Crippen molar-refractivity contribution in [3.8, 4) is 10.4 Å².